The number of likely N-dealkylation sites (N-methyl/N-ethyl adjacent to an activating group) is 1. The van der Waals surface area contributed by atoms with Crippen LogP contribution in [0.5, 0.6) is 0 Å². The summed E-state index contributed by atoms with van der Waals surface area (Å²) < 4.78 is 0. The largest absolute Gasteiger partial charge is 0.347 e. The summed E-state index contributed by atoms with van der Waals surface area (Å²) in [7, 11) is 3.42. The molecule has 0 radical (unpaired) electrons. The lowest BCUT2D eigenvalue weighted by atomic mass is 10.1. The summed E-state index contributed by atoms with van der Waals surface area (Å²) in [6, 6.07) is 8.12. The lowest BCUT2D eigenvalue weighted by Crippen LogP contribution is -2.39. The summed E-state index contributed by atoms with van der Waals surface area (Å²) in [4.78, 5) is 27.4. The Morgan fingerprint density at radius 3 is 2.70 bits per heavy atom. The van der Waals surface area contributed by atoms with Crippen molar-refractivity contribution >= 4 is 23.6 Å². The minimum atomic E-state index is -0.101. The number of benzene rings is 1. The van der Waals surface area contributed by atoms with Gasteiger partial charge in [0.25, 0.3) is 0 Å². The van der Waals surface area contributed by atoms with Crippen molar-refractivity contribution in [1.29, 1.82) is 0 Å². The van der Waals surface area contributed by atoms with Crippen LogP contribution in [-0.4, -0.2) is 47.5 Å². The molecule has 0 aromatic heterocycles. The normalized spacial score (nSPS) is 22.2. The van der Waals surface area contributed by atoms with E-state index >= 15 is 0 Å². The quantitative estimate of drug-likeness (QED) is 0.856. The summed E-state index contributed by atoms with van der Waals surface area (Å²) in [5.74, 6) is -0.0117. The van der Waals surface area contributed by atoms with E-state index in [0.29, 0.717) is 0 Å². The second-order valence-electron chi connectivity index (χ2n) is 5.30. The number of aryl methyl sites for hydroxylation is 1. The lowest BCUT2D eigenvalue weighted by Gasteiger charge is -2.25. The first kappa shape index (κ1) is 14.9. The zero-order valence-corrected chi connectivity index (χ0v) is 13.1. The summed E-state index contributed by atoms with van der Waals surface area (Å²) in [6.45, 7) is 4.07. The van der Waals surface area contributed by atoms with Crippen molar-refractivity contribution in [2.45, 2.75) is 24.5 Å². The van der Waals surface area contributed by atoms with Crippen molar-refractivity contribution in [3.05, 3.63) is 35.4 Å². The Kier molecular flexibility index (Phi) is 4.38. The first-order valence-electron chi connectivity index (χ1n) is 6.63. The highest BCUT2D eigenvalue weighted by atomic mass is 32.2. The van der Waals surface area contributed by atoms with Crippen LogP contribution in [0.15, 0.2) is 24.3 Å². The molecule has 2 rings (SSSR count). The molecule has 2 atom stereocenters. The molecule has 0 unspecified atom stereocenters. The zero-order chi connectivity index (χ0) is 14.9. The van der Waals surface area contributed by atoms with Crippen molar-refractivity contribution in [3.8, 4) is 0 Å². The van der Waals surface area contributed by atoms with Gasteiger partial charge in [-0.15, -0.1) is 11.8 Å². The van der Waals surface area contributed by atoms with Gasteiger partial charge in [-0.25, -0.2) is 0 Å². The molecule has 1 aliphatic rings. The summed E-state index contributed by atoms with van der Waals surface area (Å²) >= 11 is 1.60. The van der Waals surface area contributed by atoms with Crippen LogP contribution in [0.4, 0.5) is 0 Å². The molecule has 0 bridgehead atoms. The molecule has 1 heterocycles. The minimum absolute atomic E-state index is 0.0386. The molecule has 4 nitrogen and oxygen atoms in total. The average Bonchev–Trinajstić information content (AvgIpc) is 2.67. The Morgan fingerprint density at radius 2 is 2.10 bits per heavy atom. The van der Waals surface area contributed by atoms with E-state index in [0.717, 1.165) is 11.1 Å². The van der Waals surface area contributed by atoms with Gasteiger partial charge in [0, 0.05) is 14.1 Å². The highest BCUT2D eigenvalue weighted by Gasteiger charge is 2.39. The van der Waals surface area contributed by atoms with Gasteiger partial charge in [0.05, 0.1) is 5.25 Å². The monoisotopic (exact) mass is 292 g/mol. The first-order chi connectivity index (χ1) is 9.40. The fraction of sp³-hybridized carbons (Fsp3) is 0.467. The van der Waals surface area contributed by atoms with E-state index in [2.05, 4.69) is 6.07 Å². The third-order valence-electron chi connectivity index (χ3n) is 3.38. The maximum Gasteiger partial charge on any atom is 0.241 e. The molecule has 108 valence electrons. The van der Waals surface area contributed by atoms with Crippen LogP contribution < -0.4 is 0 Å². The van der Waals surface area contributed by atoms with Crippen LogP contribution in [0.2, 0.25) is 0 Å². The molecular formula is C15H20N2O2S. The molecule has 1 aliphatic heterocycles. The summed E-state index contributed by atoms with van der Waals surface area (Å²) in [5.41, 5.74) is 2.24. The van der Waals surface area contributed by atoms with Gasteiger partial charge in [-0.05, 0) is 19.4 Å². The van der Waals surface area contributed by atoms with Gasteiger partial charge in [0.1, 0.15) is 11.9 Å². The fourth-order valence-corrected chi connectivity index (χ4v) is 3.47. The Labute approximate surface area is 124 Å². The number of thioether (sulfide) groups is 1. The van der Waals surface area contributed by atoms with Crippen LogP contribution in [0.1, 0.15) is 23.4 Å². The van der Waals surface area contributed by atoms with Crippen LogP contribution in [-0.2, 0) is 9.59 Å². The van der Waals surface area contributed by atoms with E-state index in [1.807, 2.05) is 32.0 Å². The van der Waals surface area contributed by atoms with Crippen LogP contribution >= 0.6 is 11.8 Å². The molecule has 0 spiro atoms. The van der Waals surface area contributed by atoms with Crippen LogP contribution in [0.25, 0.3) is 0 Å². The number of hydrogen-bond acceptors (Lipinski definition) is 3. The zero-order valence-electron chi connectivity index (χ0n) is 12.3. The fourth-order valence-electron chi connectivity index (χ4n) is 2.20. The number of amides is 2. The molecule has 20 heavy (non-hydrogen) atoms. The van der Waals surface area contributed by atoms with E-state index in [-0.39, 0.29) is 29.0 Å². The van der Waals surface area contributed by atoms with Gasteiger partial charge in [-0.2, -0.15) is 0 Å². The smallest absolute Gasteiger partial charge is 0.241 e. The molecule has 2 amide bonds. The molecule has 1 saturated heterocycles. The van der Waals surface area contributed by atoms with Gasteiger partial charge in [0.15, 0.2) is 0 Å². The second-order valence-corrected chi connectivity index (χ2v) is 6.72. The van der Waals surface area contributed by atoms with E-state index in [1.165, 1.54) is 4.90 Å². The average molecular weight is 292 g/mol. The third-order valence-corrected chi connectivity index (χ3v) is 4.77. The van der Waals surface area contributed by atoms with Gasteiger partial charge >= 0.3 is 0 Å². The Bertz CT molecular complexity index is 530. The Balaban J connectivity index is 2.26. The number of carbonyl (C=O) groups excluding carboxylic acids is 2. The van der Waals surface area contributed by atoms with Gasteiger partial charge in [-0.1, -0.05) is 29.8 Å². The third kappa shape index (κ3) is 2.98. The van der Waals surface area contributed by atoms with E-state index < -0.39 is 0 Å². The summed E-state index contributed by atoms with van der Waals surface area (Å²) in [5, 5.41) is -0.170. The predicted molar refractivity (Wildman–Crippen MR) is 81.4 cm³/mol. The standard InChI is InChI=1S/C15H20N2O2S/c1-10-6-5-7-12(8-10)15-17(9-13(18)16(3)4)14(19)11(2)20-15/h5-8,11,15H,9H2,1-4H3/t11-,15+/m0/s1. The van der Waals surface area contributed by atoms with Crippen LogP contribution in [0.3, 0.4) is 0 Å². The topological polar surface area (TPSA) is 40.6 Å². The highest BCUT2D eigenvalue weighted by molar-refractivity contribution is 8.01. The molecule has 0 saturated carbocycles. The van der Waals surface area contributed by atoms with Crippen molar-refractivity contribution in [2.24, 2.45) is 0 Å². The second kappa shape index (κ2) is 5.87. The number of rotatable bonds is 3. The van der Waals surface area contributed by atoms with Crippen molar-refractivity contribution in [2.75, 3.05) is 20.6 Å². The van der Waals surface area contributed by atoms with Gasteiger partial charge in [0.2, 0.25) is 11.8 Å². The number of nitrogens with zero attached hydrogens (tertiary/aromatic N) is 2. The minimum Gasteiger partial charge on any atom is -0.347 e. The first-order valence-corrected chi connectivity index (χ1v) is 7.57. The predicted octanol–water partition coefficient (Wildman–Crippen LogP) is 2.05. The van der Waals surface area contributed by atoms with Crippen molar-refractivity contribution in [3.63, 3.8) is 0 Å². The van der Waals surface area contributed by atoms with Crippen LogP contribution in [0, 0.1) is 6.92 Å². The number of hydrogen-bond donors (Lipinski definition) is 0. The molecule has 1 aromatic carbocycles. The highest BCUT2D eigenvalue weighted by Crippen LogP contribution is 2.42. The molecule has 5 heteroatoms. The van der Waals surface area contributed by atoms with Crippen molar-refractivity contribution < 1.29 is 9.59 Å². The maximum absolute atomic E-state index is 12.3. The lowest BCUT2D eigenvalue weighted by molar-refractivity contribution is -0.138. The van der Waals surface area contributed by atoms with E-state index in [4.69, 9.17) is 0 Å². The maximum atomic E-state index is 12.3. The summed E-state index contributed by atoms with van der Waals surface area (Å²) in [6.07, 6.45) is 0. The van der Waals surface area contributed by atoms with E-state index in [9.17, 15) is 9.59 Å². The van der Waals surface area contributed by atoms with Gasteiger partial charge in [-0.3, -0.25) is 9.59 Å². The van der Waals surface area contributed by atoms with Crippen molar-refractivity contribution in [1.82, 2.24) is 9.80 Å². The molecule has 1 fully saturated rings. The Hall–Kier alpha value is -1.49. The number of carbonyl (C=O) groups is 2. The Morgan fingerprint density at radius 1 is 1.40 bits per heavy atom. The SMILES string of the molecule is Cc1cccc([C@H]2S[C@@H](C)C(=O)N2CC(=O)N(C)C)c1. The molecule has 1 aromatic rings. The molecular weight excluding hydrogens is 272 g/mol. The molecule has 0 N–H and O–H groups in total. The van der Waals surface area contributed by atoms with E-state index in [1.54, 1.807) is 30.8 Å². The van der Waals surface area contributed by atoms with Gasteiger partial charge < -0.3 is 9.80 Å². The molecule has 0 aliphatic carbocycles.